The molecule has 104 valence electrons. The number of nitrogens with one attached hydrogen (secondary N) is 1. The molecule has 0 aliphatic carbocycles. The number of rotatable bonds is 1. The van der Waals surface area contributed by atoms with E-state index in [1.165, 1.54) is 12.1 Å². The van der Waals surface area contributed by atoms with Crippen LogP contribution in [0.2, 0.25) is 5.02 Å². The van der Waals surface area contributed by atoms with Gasteiger partial charge in [-0.15, -0.1) is 0 Å². The fourth-order valence-electron chi connectivity index (χ4n) is 2.64. The second-order valence-corrected chi connectivity index (χ2v) is 5.58. The van der Waals surface area contributed by atoms with E-state index in [-0.39, 0.29) is 11.9 Å². The Hall–Kier alpha value is -1.58. The summed E-state index contributed by atoms with van der Waals surface area (Å²) in [5.74, 6) is -0.275. The standard InChI is InChI=1S/C16H15ClFNO/c17-12-3-1-10(2-4-12)16-9-14(20)8-11-7-13(18)5-6-15(11)19-16/h1-7,14,16,19-20H,8-9H2/t14-,16+/m1/s1. The predicted molar refractivity (Wildman–Crippen MR) is 78.5 cm³/mol. The number of aliphatic hydroxyl groups excluding tert-OH is 1. The van der Waals surface area contributed by atoms with Gasteiger partial charge in [-0.1, -0.05) is 23.7 Å². The van der Waals surface area contributed by atoms with Gasteiger partial charge < -0.3 is 10.4 Å². The van der Waals surface area contributed by atoms with Crippen LogP contribution in [0, 0.1) is 5.82 Å². The molecule has 0 unspecified atom stereocenters. The first-order valence-corrected chi connectivity index (χ1v) is 6.98. The van der Waals surface area contributed by atoms with Crippen molar-refractivity contribution in [3.05, 3.63) is 64.4 Å². The highest BCUT2D eigenvalue weighted by Gasteiger charge is 2.23. The van der Waals surface area contributed by atoms with Crippen molar-refractivity contribution in [2.24, 2.45) is 0 Å². The van der Waals surface area contributed by atoms with Crippen LogP contribution in [0.4, 0.5) is 10.1 Å². The molecule has 0 bridgehead atoms. The Morgan fingerprint density at radius 1 is 1.15 bits per heavy atom. The summed E-state index contributed by atoms with van der Waals surface area (Å²) in [6.45, 7) is 0. The van der Waals surface area contributed by atoms with E-state index in [9.17, 15) is 9.50 Å². The largest absolute Gasteiger partial charge is 0.393 e. The minimum absolute atomic E-state index is 0.00558. The summed E-state index contributed by atoms with van der Waals surface area (Å²) >= 11 is 5.90. The average molecular weight is 292 g/mol. The molecule has 2 N–H and O–H groups in total. The van der Waals surface area contributed by atoms with Crippen molar-refractivity contribution in [1.82, 2.24) is 0 Å². The van der Waals surface area contributed by atoms with Crippen LogP contribution in [0.5, 0.6) is 0 Å². The second kappa shape index (κ2) is 5.43. The van der Waals surface area contributed by atoms with Gasteiger partial charge in [0.1, 0.15) is 5.82 Å². The Morgan fingerprint density at radius 3 is 2.65 bits per heavy atom. The smallest absolute Gasteiger partial charge is 0.123 e. The molecule has 1 aliphatic rings. The topological polar surface area (TPSA) is 32.3 Å². The van der Waals surface area contributed by atoms with E-state index < -0.39 is 6.10 Å². The van der Waals surface area contributed by atoms with Gasteiger partial charge in [-0.3, -0.25) is 0 Å². The van der Waals surface area contributed by atoms with Gasteiger partial charge in [0, 0.05) is 17.1 Å². The molecule has 0 fully saturated rings. The third-order valence-corrected chi connectivity index (χ3v) is 3.88. The first-order chi connectivity index (χ1) is 9.61. The third-order valence-electron chi connectivity index (χ3n) is 3.63. The minimum atomic E-state index is -0.494. The molecule has 1 heterocycles. The van der Waals surface area contributed by atoms with E-state index in [4.69, 9.17) is 11.6 Å². The maximum atomic E-state index is 13.3. The van der Waals surface area contributed by atoms with Gasteiger partial charge in [0.25, 0.3) is 0 Å². The molecule has 0 saturated heterocycles. The Labute approximate surface area is 122 Å². The van der Waals surface area contributed by atoms with E-state index >= 15 is 0 Å². The molecule has 0 spiro atoms. The lowest BCUT2D eigenvalue weighted by atomic mass is 10.00. The molecular weight excluding hydrogens is 277 g/mol. The third kappa shape index (κ3) is 2.79. The summed E-state index contributed by atoms with van der Waals surface area (Å²) < 4.78 is 13.3. The lowest BCUT2D eigenvalue weighted by Crippen LogP contribution is -2.16. The highest BCUT2D eigenvalue weighted by Crippen LogP contribution is 2.32. The molecular formula is C16H15ClFNO. The molecule has 2 aromatic rings. The van der Waals surface area contributed by atoms with Crippen molar-refractivity contribution in [3.8, 4) is 0 Å². The molecule has 0 amide bonds. The highest BCUT2D eigenvalue weighted by molar-refractivity contribution is 6.30. The number of fused-ring (bicyclic) bond motifs is 1. The molecule has 1 aliphatic heterocycles. The quantitative estimate of drug-likeness (QED) is 0.834. The molecule has 2 atom stereocenters. The molecule has 4 heteroatoms. The van der Waals surface area contributed by atoms with E-state index in [1.54, 1.807) is 6.07 Å². The maximum absolute atomic E-state index is 13.3. The number of hydrogen-bond acceptors (Lipinski definition) is 2. The first-order valence-electron chi connectivity index (χ1n) is 6.60. The van der Waals surface area contributed by atoms with Crippen LogP contribution < -0.4 is 5.32 Å². The maximum Gasteiger partial charge on any atom is 0.123 e. The van der Waals surface area contributed by atoms with Crippen LogP contribution in [0.1, 0.15) is 23.6 Å². The molecule has 2 nitrogen and oxygen atoms in total. The van der Waals surface area contributed by atoms with Crippen molar-refractivity contribution < 1.29 is 9.50 Å². The van der Waals surface area contributed by atoms with Crippen LogP contribution >= 0.6 is 11.6 Å². The van der Waals surface area contributed by atoms with Crippen LogP contribution in [-0.4, -0.2) is 11.2 Å². The Kier molecular flexibility index (Phi) is 3.64. The summed E-state index contributed by atoms with van der Waals surface area (Å²) in [6, 6.07) is 12.2. The summed E-state index contributed by atoms with van der Waals surface area (Å²) in [7, 11) is 0. The normalized spacial score (nSPS) is 21.8. The van der Waals surface area contributed by atoms with Crippen molar-refractivity contribution in [3.63, 3.8) is 0 Å². The number of benzene rings is 2. The van der Waals surface area contributed by atoms with E-state index in [0.29, 0.717) is 17.9 Å². The van der Waals surface area contributed by atoms with Gasteiger partial charge in [-0.2, -0.15) is 0 Å². The fourth-order valence-corrected chi connectivity index (χ4v) is 2.77. The number of aliphatic hydroxyl groups is 1. The Morgan fingerprint density at radius 2 is 1.90 bits per heavy atom. The van der Waals surface area contributed by atoms with Crippen LogP contribution in [0.3, 0.4) is 0 Å². The van der Waals surface area contributed by atoms with Crippen LogP contribution in [0.15, 0.2) is 42.5 Å². The molecule has 2 aromatic carbocycles. The second-order valence-electron chi connectivity index (χ2n) is 5.14. The summed E-state index contributed by atoms with van der Waals surface area (Å²) in [6.07, 6.45) is 0.550. The fraction of sp³-hybridized carbons (Fsp3) is 0.250. The molecule has 0 aromatic heterocycles. The van der Waals surface area contributed by atoms with Crippen LogP contribution in [0.25, 0.3) is 0 Å². The molecule has 0 radical (unpaired) electrons. The predicted octanol–water partition coefficient (Wildman–Crippen LogP) is 3.94. The van der Waals surface area contributed by atoms with E-state index in [2.05, 4.69) is 5.32 Å². The van der Waals surface area contributed by atoms with Crippen molar-refractivity contribution in [2.45, 2.75) is 25.0 Å². The minimum Gasteiger partial charge on any atom is -0.393 e. The summed E-state index contributed by atoms with van der Waals surface area (Å²) in [4.78, 5) is 0. The van der Waals surface area contributed by atoms with Gasteiger partial charge in [0.05, 0.1) is 12.1 Å². The van der Waals surface area contributed by atoms with Gasteiger partial charge >= 0.3 is 0 Å². The average Bonchev–Trinajstić information content (AvgIpc) is 2.57. The molecule has 0 saturated carbocycles. The van der Waals surface area contributed by atoms with Gasteiger partial charge in [0.2, 0.25) is 0 Å². The van der Waals surface area contributed by atoms with Gasteiger partial charge in [-0.05, 0) is 47.9 Å². The molecule has 20 heavy (non-hydrogen) atoms. The number of halogens is 2. The van der Waals surface area contributed by atoms with Gasteiger partial charge in [-0.25, -0.2) is 4.39 Å². The molecule has 3 rings (SSSR count). The van der Waals surface area contributed by atoms with E-state index in [1.807, 2.05) is 24.3 Å². The van der Waals surface area contributed by atoms with E-state index in [0.717, 1.165) is 16.8 Å². The Balaban J connectivity index is 1.94. The number of hydrogen-bond donors (Lipinski definition) is 2. The summed E-state index contributed by atoms with van der Waals surface area (Å²) in [5.41, 5.74) is 2.75. The summed E-state index contributed by atoms with van der Waals surface area (Å²) in [5, 5.41) is 14.2. The lowest BCUT2D eigenvalue weighted by molar-refractivity contribution is 0.161. The number of anilines is 1. The van der Waals surface area contributed by atoms with Crippen molar-refractivity contribution >= 4 is 17.3 Å². The monoisotopic (exact) mass is 291 g/mol. The highest BCUT2D eigenvalue weighted by atomic mass is 35.5. The first kappa shape index (κ1) is 13.4. The lowest BCUT2D eigenvalue weighted by Gasteiger charge is -2.19. The Bertz CT molecular complexity index is 614. The zero-order chi connectivity index (χ0) is 14.1. The zero-order valence-corrected chi connectivity index (χ0v) is 11.6. The van der Waals surface area contributed by atoms with Crippen molar-refractivity contribution in [1.29, 1.82) is 0 Å². The SMILES string of the molecule is O[C@@H]1Cc2cc(F)ccc2N[C@H](c2ccc(Cl)cc2)C1. The van der Waals surface area contributed by atoms with Gasteiger partial charge in [0.15, 0.2) is 0 Å². The van der Waals surface area contributed by atoms with Crippen molar-refractivity contribution in [2.75, 3.05) is 5.32 Å². The zero-order valence-electron chi connectivity index (χ0n) is 10.8. The van der Waals surface area contributed by atoms with Crippen LogP contribution in [-0.2, 0) is 6.42 Å².